The molecule has 0 aliphatic heterocycles. The number of hydrogen-bond acceptors (Lipinski definition) is 12. The van der Waals surface area contributed by atoms with Gasteiger partial charge in [-0.25, -0.2) is 0 Å². The Morgan fingerprint density at radius 1 is 0.316 bits per heavy atom. The van der Waals surface area contributed by atoms with Gasteiger partial charge in [-0.05, 0) is 0 Å². The molecule has 38 heavy (non-hydrogen) atoms. The Morgan fingerprint density at radius 2 is 0.421 bits per heavy atom. The van der Waals surface area contributed by atoms with Gasteiger partial charge in [0.15, 0.2) is 0 Å². The van der Waals surface area contributed by atoms with E-state index in [4.69, 9.17) is 0 Å². The summed E-state index contributed by atoms with van der Waals surface area (Å²) >= 11 is 0. The van der Waals surface area contributed by atoms with Crippen molar-refractivity contribution in [2.75, 3.05) is 0 Å². The van der Waals surface area contributed by atoms with Crippen LogP contribution in [0.1, 0.15) is 62.1 Å². The summed E-state index contributed by atoms with van der Waals surface area (Å²) in [4.78, 5) is 61.9. The summed E-state index contributed by atoms with van der Waals surface area (Å²) in [5.74, 6) is -9.11. The molecule has 3 aromatic rings. The van der Waals surface area contributed by atoms with Gasteiger partial charge >= 0.3 is 39.0 Å². The molecule has 0 aromatic heterocycles. The van der Waals surface area contributed by atoms with Crippen LogP contribution in [-0.4, -0.2) is 35.8 Å². The van der Waals surface area contributed by atoms with E-state index in [2.05, 4.69) is 0 Å². The molecule has 0 atom stereocenters. The molecule has 198 valence electrons. The number of aromatic carboxylic acids is 6. The molecule has 0 radical (unpaired) electrons. The SMILES string of the molecule is O=C([O-])c1ccccc1C(=O)[O-].O=C([O-])c1ccccc1C(=O)[O-].O=C([O-])c1ccccc1C(=O)[O-].[Rh+3].[Rh+3]. The Hall–Kier alpha value is -4.27. The van der Waals surface area contributed by atoms with Crippen LogP contribution in [0.3, 0.4) is 0 Å². The van der Waals surface area contributed by atoms with Crippen molar-refractivity contribution in [1.82, 2.24) is 0 Å². The quantitative estimate of drug-likeness (QED) is 0.221. The number of benzene rings is 3. The van der Waals surface area contributed by atoms with Gasteiger partial charge in [0.1, 0.15) is 0 Å². The molecule has 0 heterocycles. The molecular weight excluding hydrogens is 686 g/mol. The standard InChI is InChI=1S/3C8H6O4.2Rh/c3*9-7(10)5-3-1-2-4-6(5)8(11)12;;/h3*1-4H,(H,9,10)(H,11,12);;/q;;;2*+3/p-6. The summed E-state index contributed by atoms with van der Waals surface area (Å²) in [6, 6.07) is 15.4. The van der Waals surface area contributed by atoms with E-state index in [0.717, 1.165) is 36.4 Å². The van der Waals surface area contributed by atoms with E-state index >= 15 is 0 Å². The summed E-state index contributed by atoms with van der Waals surface area (Å²) in [5, 5.41) is 61.9. The second-order valence-corrected chi connectivity index (χ2v) is 6.36. The van der Waals surface area contributed by atoms with Crippen molar-refractivity contribution in [3.8, 4) is 0 Å². The Balaban J connectivity index is 0. The topological polar surface area (TPSA) is 241 Å². The van der Waals surface area contributed by atoms with Gasteiger partial charge in [-0.3, -0.25) is 0 Å². The molecule has 3 aromatic carbocycles. The molecule has 12 nitrogen and oxygen atoms in total. The maximum absolute atomic E-state index is 10.3. The van der Waals surface area contributed by atoms with E-state index in [0.29, 0.717) is 0 Å². The summed E-state index contributed by atoms with van der Waals surface area (Å²) in [5.41, 5.74) is -2.18. The van der Waals surface area contributed by atoms with Crippen molar-refractivity contribution in [3.05, 3.63) is 106 Å². The van der Waals surface area contributed by atoms with Crippen molar-refractivity contribution in [2.24, 2.45) is 0 Å². The van der Waals surface area contributed by atoms with Gasteiger partial charge in [-0.2, -0.15) is 0 Å². The first-order valence-corrected chi connectivity index (χ1v) is 9.43. The average molecular weight is 698 g/mol. The van der Waals surface area contributed by atoms with Gasteiger partial charge in [-0.1, -0.05) is 72.8 Å². The third-order valence-electron chi connectivity index (χ3n) is 4.10. The number of rotatable bonds is 6. The van der Waals surface area contributed by atoms with Gasteiger partial charge < -0.3 is 59.4 Å². The van der Waals surface area contributed by atoms with Gasteiger partial charge in [-0.15, -0.1) is 0 Å². The predicted octanol–water partition coefficient (Wildman–Crippen LogP) is -4.76. The van der Waals surface area contributed by atoms with Crippen LogP contribution in [0.25, 0.3) is 0 Å². The zero-order chi connectivity index (χ0) is 27.4. The van der Waals surface area contributed by atoms with Crippen molar-refractivity contribution < 1.29 is 98.4 Å². The zero-order valence-electron chi connectivity index (χ0n) is 18.5. The van der Waals surface area contributed by atoms with E-state index in [-0.39, 0.29) is 72.3 Å². The molecular formula is C24H12O12Rh2. The van der Waals surface area contributed by atoms with Crippen LogP contribution in [0.2, 0.25) is 0 Å². The Kier molecular flexibility index (Phi) is 16.3. The summed E-state index contributed by atoms with van der Waals surface area (Å²) < 4.78 is 0. The molecule has 0 saturated carbocycles. The molecule has 0 amide bonds. The minimum absolute atomic E-state index is 0. The van der Waals surface area contributed by atoms with Crippen LogP contribution < -0.4 is 30.6 Å². The van der Waals surface area contributed by atoms with Crippen molar-refractivity contribution >= 4 is 35.8 Å². The van der Waals surface area contributed by atoms with Gasteiger partial charge in [0.05, 0.1) is 35.8 Å². The third-order valence-corrected chi connectivity index (χ3v) is 4.10. The monoisotopic (exact) mass is 698 g/mol. The van der Waals surface area contributed by atoms with Gasteiger partial charge in [0.2, 0.25) is 0 Å². The van der Waals surface area contributed by atoms with Crippen molar-refractivity contribution in [1.29, 1.82) is 0 Å². The van der Waals surface area contributed by atoms with Gasteiger partial charge in [0, 0.05) is 33.4 Å². The Morgan fingerprint density at radius 3 is 0.500 bits per heavy atom. The molecule has 0 bridgehead atoms. The predicted molar refractivity (Wildman–Crippen MR) is 105 cm³/mol. The van der Waals surface area contributed by atoms with Crippen molar-refractivity contribution in [2.45, 2.75) is 0 Å². The van der Waals surface area contributed by atoms with Crippen molar-refractivity contribution in [3.63, 3.8) is 0 Å². The largest absolute Gasteiger partial charge is 3.00 e. The Bertz CT molecular complexity index is 1060. The normalized spacial score (nSPS) is 8.84. The van der Waals surface area contributed by atoms with Gasteiger partial charge in [0.25, 0.3) is 0 Å². The first kappa shape index (κ1) is 35.9. The molecule has 0 aliphatic rings. The van der Waals surface area contributed by atoms with E-state index in [9.17, 15) is 59.4 Å². The summed E-state index contributed by atoms with van der Waals surface area (Å²) in [6.07, 6.45) is 0. The fourth-order valence-electron chi connectivity index (χ4n) is 2.52. The molecule has 0 spiro atoms. The third kappa shape index (κ3) is 10.8. The van der Waals surface area contributed by atoms with Crippen LogP contribution in [0.4, 0.5) is 0 Å². The minimum atomic E-state index is -1.52. The average Bonchev–Trinajstić information content (AvgIpc) is 2.84. The van der Waals surface area contributed by atoms with E-state index in [1.165, 1.54) is 36.4 Å². The first-order valence-electron chi connectivity index (χ1n) is 9.43. The molecule has 0 unspecified atom stereocenters. The molecule has 3 rings (SSSR count). The maximum atomic E-state index is 10.3. The second-order valence-electron chi connectivity index (χ2n) is 6.36. The first-order chi connectivity index (χ1) is 16.9. The zero-order valence-corrected chi connectivity index (χ0v) is 21.8. The maximum Gasteiger partial charge on any atom is 3.00 e. The number of carbonyl (C=O) groups is 6. The number of carbonyl (C=O) groups excluding carboxylic acids is 6. The number of hydrogen-bond donors (Lipinski definition) is 0. The fraction of sp³-hybridized carbons (Fsp3) is 0. The fourth-order valence-corrected chi connectivity index (χ4v) is 2.52. The van der Waals surface area contributed by atoms with Crippen LogP contribution in [0.5, 0.6) is 0 Å². The number of carboxylic acid groups (broad SMARTS) is 6. The second kappa shape index (κ2) is 17.2. The molecule has 14 heteroatoms. The summed E-state index contributed by atoms with van der Waals surface area (Å²) in [7, 11) is 0. The summed E-state index contributed by atoms with van der Waals surface area (Å²) in [6.45, 7) is 0. The molecule has 0 fully saturated rings. The van der Waals surface area contributed by atoms with Crippen LogP contribution in [0, 0.1) is 0 Å². The Labute approximate surface area is 239 Å². The minimum Gasteiger partial charge on any atom is -0.545 e. The number of carboxylic acids is 6. The molecule has 0 N–H and O–H groups in total. The van der Waals surface area contributed by atoms with Crippen LogP contribution in [0.15, 0.2) is 72.8 Å². The van der Waals surface area contributed by atoms with E-state index in [1.54, 1.807) is 0 Å². The van der Waals surface area contributed by atoms with Crippen LogP contribution in [-0.2, 0) is 39.0 Å². The molecule has 0 aliphatic carbocycles. The van der Waals surface area contributed by atoms with Crippen LogP contribution >= 0.6 is 0 Å². The smallest absolute Gasteiger partial charge is 0.545 e. The molecule has 0 saturated heterocycles. The van der Waals surface area contributed by atoms with E-state index in [1.807, 2.05) is 0 Å². The van der Waals surface area contributed by atoms with E-state index < -0.39 is 35.8 Å².